The van der Waals surface area contributed by atoms with Gasteiger partial charge in [0.25, 0.3) is 0 Å². The molecule has 0 aromatic carbocycles. The number of amides is 1. The first-order chi connectivity index (χ1) is 7.98. The molecule has 3 atom stereocenters. The highest BCUT2D eigenvalue weighted by Crippen LogP contribution is 2.35. The van der Waals surface area contributed by atoms with Gasteiger partial charge in [0.15, 0.2) is 0 Å². The van der Waals surface area contributed by atoms with E-state index in [-0.39, 0.29) is 5.91 Å². The van der Waals surface area contributed by atoms with E-state index in [9.17, 15) is 4.79 Å². The molecule has 1 saturated heterocycles. The van der Waals surface area contributed by atoms with Gasteiger partial charge in [-0.2, -0.15) is 0 Å². The number of carbonyl (C=O) groups is 1. The molecule has 1 rings (SSSR count). The lowest BCUT2D eigenvalue weighted by Gasteiger charge is -2.47. The number of likely N-dealkylation sites (tertiary alicyclic amines) is 1. The van der Waals surface area contributed by atoms with Crippen LogP contribution >= 0.6 is 0 Å². The Morgan fingerprint density at radius 1 is 1.17 bits per heavy atom. The lowest BCUT2D eigenvalue weighted by Crippen LogP contribution is -2.60. The fourth-order valence-electron chi connectivity index (χ4n) is 2.62. The van der Waals surface area contributed by atoms with Crippen LogP contribution in [0.3, 0.4) is 0 Å². The molecular weight excluding hydrogens is 224 g/mol. The Labute approximate surface area is 112 Å². The fourth-order valence-corrected chi connectivity index (χ4v) is 2.62. The van der Waals surface area contributed by atoms with E-state index in [2.05, 4.69) is 20.8 Å². The monoisotopic (exact) mass is 254 g/mol. The summed E-state index contributed by atoms with van der Waals surface area (Å²) in [5, 5.41) is 0. The maximum atomic E-state index is 12.8. The van der Waals surface area contributed by atoms with Crippen molar-refractivity contribution in [2.45, 2.75) is 66.5 Å². The third-order valence-corrected chi connectivity index (χ3v) is 5.00. The van der Waals surface area contributed by atoms with Crippen LogP contribution in [0.25, 0.3) is 0 Å². The number of nitrogens with zero attached hydrogens (tertiary/aromatic N) is 1. The molecule has 2 N–H and O–H groups in total. The molecule has 3 unspecified atom stereocenters. The van der Waals surface area contributed by atoms with E-state index < -0.39 is 11.0 Å². The van der Waals surface area contributed by atoms with Crippen molar-refractivity contribution in [2.75, 3.05) is 6.54 Å². The van der Waals surface area contributed by atoms with Crippen molar-refractivity contribution in [3.63, 3.8) is 0 Å². The molecule has 1 fully saturated rings. The van der Waals surface area contributed by atoms with E-state index in [1.54, 1.807) is 0 Å². The summed E-state index contributed by atoms with van der Waals surface area (Å²) in [6, 6.07) is 0.315. The summed E-state index contributed by atoms with van der Waals surface area (Å²) in [5.74, 6) is 1.34. The predicted octanol–water partition coefficient (Wildman–Crippen LogP) is 2.64. The molecule has 1 aliphatic rings. The van der Waals surface area contributed by atoms with Crippen LogP contribution in [0.15, 0.2) is 0 Å². The molecule has 0 aromatic heterocycles. The van der Waals surface area contributed by atoms with Gasteiger partial charge >= 0.3 is 0 Å². The van der Waals surface area contributed by atoms with Gasteiger partial charge in [-0.15, -0.1) is 0 Å². The van der Waals surface area contributed by atoms with Crippen LogP contribution in [0.1, 0.15) is 54.9 Å². The van der Waals surface area contributed by atoms with Crippen LogP contribution in [0.4, 0.5) is 0 Å². The molecule has 106 valence electrons. The molecule has 1 amide bonds. The van der Waals surface area contributed by atoms with Gasteiger partial charge in [-0.1, -0.05) is 13.8 Å². The zero-order valence-corrected chi connectivity index (χ0v) is 13.1. The number of hydrogen-bond acceptors (Lipinski definition) is 2. The maximum absolute atomic E-state index is 12.8. The average molecular weight is 254 g/mol. The Balaban J connectivity index is 2.96. The maximum Gasteiger partial charge on any atom is 0.230 e. The molecule has 1 heterocycles. The lowest BCUT2D eigenvalue weighted by molar-refractivity contribution is -0.149. The summed E-state index contributed by atoms with van der Waals surface area (Å²) in [7, 11) is 0. The van der Waals surface area contributed by atoms with Gasteiger partial charge in [0.05, 0.1) is 5.41 Å². The molecule has 3 heteroatoms. The number of piperidine rings is 1. The Morgan fingerprint density at radius 2 is 1.67 bits per heavy atom. The van der Waals surface area contributed by atoms with Crippen LogP contribution in [0, 0.1) is 17.3 Å². The minimum Gasteiger partial charge on any atom is -0.339 e. The number of carbonyl (C=O) groups excluding carboxylic acids is 1. The van der Waals surface area contributed by atoms with E-state index in [1.165, 1.54) is 6.42 Å². The molecule has 3 nitrogen and oxygen atoms in total. The SMILES string of the molecule is CC1CC(C)C(C)N(C(=O)C(C)(C)C(C)(C)N)C1. The molecule has 0 bridgehead atoms. The van der Waals surface area contributed by atoms with Gasteiger partial charge in [-0.05, 0) is 52.9 Å². The van der Waals surface area contributed by atoms with Gasteiger partial charge in [0, 0.05) is 18.1 Å². The third-order valence-electron chi connectivity index (χ3n) is 5.00. The van der Waals surface area contributed by atoms with Gasteiger partial charge in [0.2, 0.25) is 5.91 Å². The molecule has 0 radical (unpaired) electrons. The second-order valence-corrected chi connectivity index (χ2v) is 7.36. The number of nitrogens with two attached hydrogens (primary N) is 1. The van der Waals surface area contributed by atoms with Gasteiger partial charge in [-0.25, -0.2) is 0 Å². The summed E-state index contributed by atoms with van der Waals surface area (Å²) >= 11 is 0. The molecule has 0 saturated carbocycles. The Morgan fingerprint density at radius 3 is 2.11 bits per heavy atom. The first kappa shape index (κ1) is 15.5. The van der Waals surface area contributed by atoms with Crippen LogP contribution < -0.4 is 5.73 Å². The molecular formula is C15H30N2O. The summed E-state index contributed by atoms with van der Waals surface area (Å²) in [6.45, 7) is 15.3. The molecule has 0 aromatic rings. The van der Waals surface area contributed by atoms with E-state index in [0.29, 0.717) is 17.9 Å². The molecule has 0 spiro atoms. The van der Waals surface area contributed by atoms with Crippen molar-refractivity contribution < 1.29 is 4.79 Å². The second-order valence-electron chi connectivity index (χ2n) is 7.36. The third kappa shape index (κ3) is 2.71. The van der Waals surface area contributed by atoms with E-state index in [0.717, 1.165) is 6.54 Å². The van der Waals surface area contributed by atoms with Crippen LogP contribution in [-0.2, 0) is 4.79 Å². The van der Waals surface area contributed by atoms with Gasteiger partial charge in [-0.3, -0.25) is 4.79 Å². The zero-order chi connectivity index (χ0) is 14.3. The van der Waals surface area contributed by atoms with E-state index in [1.807, 2.05) is 32.6 Å². The van der Waals surface area contributed by atoms with Crippen LogP contribution in [0.5, 0.6) is 0 Å². The van der Waals surface area contributed by atoms with Crippen molar-refractivity contribution in [3.05, 3.63) is 0 Å². The fraction of sp³-hybridized carbons (Fsp3) is 0.933. The Kier molecular flexibility index (Phi) is 4.16. The van der Waals surface area contributed by atoms with Crippen LogP contribution in [-0.4, -0.2) is 28.9 Å². The quantitative estimate of drug-likeness (QED) is 0.823. The normalized spacial score (nSPS) is 30.4. The standard InChI is InChI=1S/C15H30N2O/c1-10-8-11(2)12(3)17(9-10)13(18)14(4,5)15(6,7)16/h10-12H,8-9,16H2,1-7H3. The number of hydrogen-bond donors (Lipinski definition) is 1. The average Bonchev–Trinajstić information content (AvgIpc) is 2.20. The molecule has 1 aliphatic heterocycles. The lowest BCUT2D eigenvalue weighted by atomic mass is 9.73. The first-order valence-corrected chi connectivity index (χ1v) is 7.08. The van der Waals surface area contributed by atoms with Crippen molar-refractivity contribution >= 4 is 5.91 Å². The van der Waals surface area contributed by atoms with E-state index >= 15 is 0 Å². The Hall–Kier alpha value is -0.570. The smallest absolute Gasteiger partial charge is 0.230 e. The summed E-state index contributed by atoms with van der Waals surface area (Å²) in [6.07, 6.45) is 1.21. The summed E-state index contributed by atoms with van der Waals surface area (Å²) < 4.78 is 0. The van der Waals surface area contributed by atoms with Gasteiger partial charge in [0.1, 0.15) is 0 Å². The highest BCUT2D eigenvalue weighted by atomic mass is 16.2. The van der Waals surface area contributed by atoms with Crippen molar-refractivity contribution in [2.24, 2.45) is 23.0 Å². The van der Waals surface area contributed by atoms with Crippen molar-refractivity contribution in [3.8, 4) is 0 Å². The highest BCUT2D eigenvalue weighted by Gasteiger charge is 2.45. The summed E-state index contributed by atoms with van der Waals surface area (Å²) in [5.41, 5.74) is 5.15. The van der Waals surface area contributed by atoms with Crippen molar-refractivity contribution in [1.82, 2.24) is 4.90 Å². The predicted molar refractivity (Wildman–Crippen MR) is 76.2 cm³/mol. The largest absolute Gasteiger partial charge is 0.339 e. The topological polar surface area (TPSA) is 46.3 Å². The molecule has 18 heavy (non-hydrogen) atoms. The van der Waals surface area contributed by atoms with Gasteiger partial charge < -0.3 is 10.6 Å². The van der Waals surface area contributed by atoms with E-state index in [4.69, 9.17) is 5.73 Å². The minimum absolute atomic E-state index is 0.195. The number of rotatable bonds is 2. The highest BCUT2D eigenvalue weighted by molar-refractivity contribution is 5.83. The minimum atomic E-state index is -0.530. The first-order valence-electron chi connectivity index (χ1n) is 7.08. The second kappa shape index (κ2) is 4.84. The van der Waals surface area contributed by atoms with Crippen LogP contribution in [0.2, 0.25) is 0 Å². The Bertz CT molecular complexity index is 317. The van der Waals surface area contributed by atoms with Crippen molar-refractivity contribution in [1.29, 1.82) is 0 Å². The summed E-state index contributed by atoms with van der Waals surface area (Å²) in [4.78, 5) is 14.9. The zero-order valence-electron chi connectivity index (χ0n) is 13.1. The molecule has 0 aliphatic carbocycles.